The number of ether oxygens (including phenoxy) is 1. The fraction of sp³-hybridized carbons (Fsp3) is 0.500. The highest BCUT2D eigenvalue weighted by Crippen LogP contribution is 2.43. The van der Waals surface area contributed by atoms with E-state index in [9.17, 15) is 35.9 Å². The first kappa shape index (κ1) is 30.3. The van der Waals surface area contributed by atoms with Crippen molar-refractivity contribution in [1.82, 2.24) is 4.90 Å². The zero-order chi connectivity index (χ0) is 29.4. The third-order valence-electron chi connectivity index (χ3n) is 6.98. The first-order chi connectivity index (χ1) is 17.9. The second-order valence-corrected chi connectivity index (χ2v) is 10.2. The van der Waals surface area contributed by atoms with E-state index in [4.69, 9.17) is 4.74 Å². The van der Waals surface area contributed by atoms with Gasteiger partial charge in [-0.1, -0.05) is 6.07 Å². The number of anilines is 1. The third kappa shape index (κ3) is 6.67. The molecule has 0 radical (unpaired) electrons. The maximum absolute atomic E-state index is 13.5. The fourth-order valence-electron chi connectivity index (χ4n) is 4.94. The van der Waals surface area contributed by atoms with E-state index in [1.54, 1.807) is 13.8 Å². The highest BCUT2D eigenvalue weighted by atomic mass is 19.4. The highest BCUT2D eigenvalue weighted by molar-refractivity contribution is 5.91. The number of rotatable bonds is 4. The number of benzene rings is 2. The summed E-state index contributed by atoms with van der Waals surface area (Å²) in [5, 5.41) is 0. The van der Waals surface area contributed by atoms with Crippen molar-refractivity contribution in [2.24, 2.45) is 0 Å². The van der Waals surface area contributed by atoms with Crippen LogP contribution in [0.2, 0.25) is 0 Å². The predicted octanol–water partition coefficient (Wildman–Crippen LogP) is 7.88. The summed E-state index contributed by atoms with van der Waals surface area (Å²) in [6, 6.07) is 2.47. The van der Waals surface area contributed by atoms with Crippen LogP contribution in [0.4, 0.5) is 36.8 Å². The Balaban J connectivity index is 2.17. The van der Waals surface area contributed by atoms with E-state index in [-0.39, 0.29) is 24.3 Å². The molecule has 0 spiro atoms. The van der Waals surface area contributed by atoms with Gasteiger partial charge in [0.1, 0.15) is 0 Å². The zero-order valence-electron chi connectivity index (χ0n) is 22.7. The van der Waals surface area contributed by atoms with Crippen LogP contribution in [0, 0.1) is 20.8 Å². The largest absolute Gasteiger partial charge is 0.446 e. The lowest BCUT2D eigenvalue weighted by molar-refractivity contribution is -0.143. The van der Waals surface area contributed by atoms with Gasteiger partial charge in [-0.25, -0.2) is 4.79 Å². The summed E-state index contributed by atoms with van der Waals surface area (Å²) in [7, 11) is 0. The number of carbonyl (C=O) groups is 2. The Kier molecular flexibility index (Phi) is 8.62. The second kappa shape index (κ2) is 11.1. The van der Waals surface area contributed by atoms with Crippen LogP contribution in [-0.4, -0.2) is 29.5 Å². The maximum atomic E-state index is 13.5. The van der Waals surface area contributed by atoms with Gasteiger partial charge in [0.25, 0.3) is 0 Å². The molecular weight excluding hydrogens is 526 g/mol. The van der Waals surface area contributed by atoms with E-state index < -0.39 is 48.1 Å². The monoisotopic (exact) mass is 558 g/mol. The van der Waals surface area contributed by atoms with E-state index in [0.717, 1.165) is 16.7 Å². The van der Waals surface area contributed by atoms with Crippen molar-refractivity contribution >= 4 is 17.7 Å². The molecule has 1 aliphatic rings. The van der Waals surface area contributed by atoms with Gasteiger partial charge in [0.15, 0.2) is 0 Å². The summed E-state index contributed by atoms with van der Waals surface area (Å²) in [4.78, 5) is 28.7. The van der Waals surface area contributed by atoms with Crippen molar-refractivity contribution in [3.63, 3.8) is 0 Å². The lowest BCUT2D eigenvalue weighted by atomic mass is 9.91. The molecule has 2 aromatic carbocycles. The van der Waals surface area contributed by atoms with Gasteiger partial charge in [-0.3, -0.25) is 9.69 Å². The molecule has 39 heavy (non-hydrogen) atoms. The van der Waals surface area contributed by atoms with Gasteiger partial charge in [0, 0.05) is 20.0 Å². The predicted molar refractivity (Wildman–Crippen MR) is 134 cm³/mol. The number of aryl methyl sites for hydroxylation is 1. The van der Waals surface area contributed by atoms with Gasteiger partial charge < -0.3 is 9.64 Å². The van der Waals surface area contributed by atoms with Crippen LogP contribution >= 0.6 is 0 Å². The Morgan fingerprint density at radius 3 is 2.03 bits per heavy atom. The normalized spacial score (nSPS) is 16.1. The summed E-state index contributed by atoms with van der Waals surface area (Å²) in [5.74, 6) is -0.522. The minimum Gasteiger partial charge on any atom is -0.446 e. The molecule has 1 unspecified atom stereocenters. The minimum atomic E-state index is -5.00. The molecule has 11 heteroatoms. The van der Waals surface area contributed by atoms with Crippen LogP contribution in [0.25, 0.3) is 0 Å². The van der Waals surface area contributed by atoms with E-state index >= 15 is 0 Å². The third-order valence-corrected chi connectivity index (χ3v) is 6.98. The molecule has 0 saturated carbocycles. The van der Waals surface area contributed by atoms with Gasteiger partial charge in [0.2, 0.25) is 5.91 Å². The average Bonchev–Trinajstić information content (AvgIpc) is 2.99. The van der Waals surface area contributed by atoms with Crippen molar-refractivity contribution in [2.75, 3.05) is 11.4 Å². The number of carbonyl (C=O) groups excluding carboxylic acids is 2. The molecule has 1 heterocycles. The molecule has 2 aromatic rings. The zero-order valence-corrected chi connectivity index (χ0v) is 22.7. The average molecular weight is 559 g/mol. The lowest BCUT2D eigenvalue weighted by Crippen LogP contribution is -2.35. The maximum Gasteiger partial charge on any atom is 0.416 e. The van der Waals surface area contributed by atoms with Gasteiger partial charge >= 0.3 is 18.4 Å². The number of hydrogen-bond donors (Lipinski definition) is 0. The quantitative estimate of drug-likeness (QED) is 0.359. The number of fused-ring (bicyclic) bond motifs is 1. The Bertz CT molecular complexity index is 1220. The van der Waals surface area contributed by atoms with Crippen LogP contribution in [0.15, 0.2) is 24.3 Å². The van der Waals surface area contributed by atoms with Crippen molar-refractivity contribution in [1.29, 1.82) is 0 Å². The first-order valence-corrected chi connectivity index (χ1v) is 12.6. The van der Waals surface area contributed by atoms with Crippen LogP contribution in [0.1, 0.15) is 78.6 Å². The van der Waals surface area contributed by atoms with E-state index in [0.29, 0.717) is 36.2 Å². The molecule has 2 amide bonds. The molecule has 3 rings (SSSR count). The van der Waals surface area contributed by atoms with Crippen molar-refractivity contribution in [2.45, 2.75) is 85.4 Å². The second-order valence-electron chi connectivity index (χ2n) is 10.2. The highest BCUT2D eigenvalue weighted by Gasteiger charge is 2.38. The summed E-state index contributed by atoms with van der Waals surface area (Å²) < 4.78 is 86.3. The first-order valence-electron chi connectivity index (χ1n) is 12.6. The van der Waals surface area contributed by atoms with E-state index in [1.807, 2.05) is 26.8 Å². The molecule has 214 valence electrons. The van der Waals surface area contributed by atoms with E-state index in [1.165, 1.54) is 16.7 Å². The summed E-state index contributed by atoms with van der Waals surface area (Å²) in [6.07, 6.45) is -10.2. The minimum absolute atomic E-state index is 0.0657. The molecule has 0 bridgehead atoms. The molecule has 0 saturated heterocycles. The number of amides is 2. The Labute approximate surface area is 223 Å². The molecule has 0 fully saturated rings. The van der Waals surface area contributed by atoms with Crippen LogP contribution < -0.4 is 4.90 Å². The Hall–Kier alpha value is -3.24. The number of alkyl halides is 6. The molecular formula is C28H32F6N2O3. The molecule has 1 atom stereocenters. The summed E-state index contributed by atoms with van der Waals surface area (Å²) >= 11 is 0. The SMILES string of the molecule is CC(=O)N(Cc1cc(C(F)(F)F)cc(C(F)(F)F)c1)C1CCCN(C(=O)OC(C)C)c2c1cc(C)c(C)c2C. The Morgan fingerprint density at radius 1 is 0.974 bits per heavy atom. The van der Waals surface area contributed by atoms with Gasteiger partial charge in [0.05, 0.1) is 29.0 Å². The van der Waals surface area contributed by atoms with Crippen LogP contribution in [-0.2, 0) is 28.4 Å². The lowest BCUT2D eigenvalue weighted by Gasteiger charge is -2.34. The molecule has 0 aliphatic carbocycles. The van der Waals surface area contributed by atoms with Crippen molar-refractivity contribution in [3.8, 4) is 0 Å². The van der Waals surface area contributed by atoms with Crippen molar-refractivity contribution < 1.29 is 40.7 Å². The number of halogens is 6. The number of hydrogen-bond acceptors (Lipinski definition) is 3. The standard InChI is InChI=1S/C28H32F6N2O3/c1-15(2)39-26(38)35-9-7-8-24(23-10-16(3)17(4)18(5)25(23)35)36(19(6)37)14-20-11-21(27(29,30)31)13-22(12-20)28(32,33)34/h10-13,15,24H,7-9,14H2,1-6H3. The summed E-state index contributed by atoms with van der Waals surface area (Å²) in [6.45, 7) is 10.0. The smallest absolute Gasteiger partial charge is 0.416 e. The van der Waals surface area contributed by atoms with Crippen LogP contribution in [0.3, 0.4) is 0 Å². The van der Waals surface area contributed by atoms with Gasteiger partial charge in [-0.2, -0.15) is 26.3 Å². The molecule has 0 N–H and O–H groups in total. The molecule has 0 aromatic heterocycles. The van der Waals surface area contributed by atoms with Crippen molar-refractivity contribution in [3.05, 3.63) is 63.2 Å². The van der Waals surface area contributed by atoms with E-state index in [2.05, 4.69) is 0 Å². The van der Waals surface area contributed by atoms with Crippen LogP contribution in [0.5, 0.6) is 0 Å². The topological polar surface area (TPSA) is 49.9 Å². The van der Waals surface area contributed by atoms with Gasteiger partial charge in [-0.05, 0) is 93.5 Å². The fourth-order valence-corrected chi connectivity index (χ4v) is 4.94. The van der Waals surface area contributed by atoms with Gasteiger partial charge in [-0.15, -0.1) is 0 Å². The molecule has 1 aliphatic heterocycles. The Morgan fingerprint density at radius 2 is 1.54 bits per heavy atom. The number of nitrogens with zero attached hydrogens (tertiary/aromatic N) is 2. The molecule has 5 nitrogen and oxygen atoms in total. The summed E-state index contributed by atoms with van der Waals surface area (Å²) in [5.41, 5.74) is 0.513.